The minimum atomic E-state index is -0.272. The molecule has 0 atom stereocenters. The lowest BCUT2D eigenvalue weighted by Crippen LogP contribution is -2.32. The molecule has 0 saturated carbocycles. The Balaban J connectivity index is 1.43. The molecule has 0 aliphatic rings. The molecule has 0 saturated heterocycles. The number of hydrogen-bond donors (Lipinski definition) is 1. The lowest BCUT2D eigenvalue weighted by Gasteiger charge is -2.07. The highest BCUT2D eigenvalue weighted by Crippen LogP contribution is 2.21. The van der Waals surface area contributed by atoms with Gasteiger partial charge in [0.25, 0.3) is 11.5 Å². The fourth-order valence-corrected chi connectivity index (χ4v) is 3.25. The molecule has 1 N–H and O–H groups in total. The van der Waals surface area contributed by atoms with Gasteiger partial charge in [-0.3, -0.25) is 9.59 Å². The molecule has 3 heterocycles. The number of fused-ring (bicyclic) bond motifs is 1. The van der Waals surface area contributed by atoms with E-state index in [0.29, 0.717) is 10.8 Å². The van der Waals surface area contributed by atoms with Crippen LogP contribution < -0.4 is 10.9 Å². The normalized spacial score (nSPS) is 10.9. The van der Waals surface area contributed by atoms with Crippen LogP contribution in [0.5, 0.6) is 0 Å². The van der Waals surface area contributed by atoms with Crippen LogP contribution in [0.1, 0.15) is 9.80 Å². The van der Waals surface area contributed by atoms with Gasteiger partial charge in [-0.25, -0.2) is 19.3 Å². The molecule has 9 nitrogen and oxygen atoms in total. The summed E-state index contributed by atoms with van der Waals surface area (Å²) in [7, 11) is 0. The van der Waals surface area contributed by atoms with Crippen LogP contribution in [0.15, 0.2) is 53.8 Å². The molecule has 4 rings (SSSR count). The SMILES string of the molecule is O=C(NCCn1nc(-n2cncn2)ccc1=O)c1nc2ccccc2s1. The number of nitrogens with zero attached hydrogens (tertiary/aromatic N) is 6. The quantitative estimate of drug-likeness (QED) is 0.561. The second-order valence-corrected chi connectivity index (χ2v) is 6.37. The van der Waals surface area contributed by atoms with Gasteiger partial charge in [-0.15, -0.1) is 16.4 Å². The van der Waals surface area contributed by atoms with Gasteiger partial charge in [0.15, 0.2) is 10.8 Å². The van der Waals surface area contributed by atoms with Crippen LogP contribution in [0.2, 0.25) is 0 Å². The van der Waals surface area contributed by atoms with E-state index >= 15 is 0 Å². The van der Waals surface area contributed by atoms with Crippen molar-refractivity contribution < 1.29 is 4.79 Å². The molecule has 0 spiro atoms. The minimum Gasteiger partial charge on any atom is -0.348 e. The van der Waals surface area contributed by atoms with Crippen LogP contribution in [0, 0.1) is 0 Å². The van der Waals surface area contributed by atoms with Gasteiger partial charge >= 0.3 is 0 Å². The molecule has 0 aliphatic carbocycles. The number of benzene rings is 1. The van der Waals surface area contributed by atoms with Crippen molar-refractivity contribution in [2.75, 3.05) is 6.54 Å². The molecule has 4 aromatic rings. The Morgan fingerprint density at radius 3 is 2.88 bits per heavy atom. The van der Waals surface area contributed by atoms with E-state index in [-0.39, 0.29) is 24.6 Å². The van der Waals surface area contributed by atoms with Crippen LogP contribution in [0.4, 0.5) is 0 Å². The highest BCUT2D eigenvalue weighted by Gasteiger charge is 2.11. The van der Waals surface area contributed by atoms with Gasteiger partial charge in [-0.2, -0.15) is 5.10 Å². The van der Waals surface area contributed by atoms with Crippen molar-refractivity contribution >= 4 is 27.5 Å². The topological polar surface area (TPSA) is 108 Å². The standard InChI is InChI=1S/C16H13N7O2S/c24-14-6-5-13(23-10-17-9-19-23)21-22(14)8-7-18-15(25)16-20-11-3-1-2-4-12(11)26-16/h1-6,9-10H,7-8H2,(H,18,25). The zero-order chi connectivity index (χ0) is 17.9. The molecule has 3 aromatic heterocycles. The molecule has 1 amide bonds. The van der Waals surface area contributed by atoms with Gasteiger partial charge in [0.1, 0.15) is 12.7 Å². The number of nitrogens with one attached hydrogen (secondary N) is 1. The summed E-state index contributed by atoms with van der Waals surface area (Å²) in [5, 5.41) is 11.4. The minimum absolute atomic E-state index is 0.234. The predicted octanol–water partition coefficient (Wildman–Crippen LogP) is 0.864. The maximum absolute atomic E-state index is 12.2. The molecule has 0 radical (unpaired) electrons. The molecular formula is C16H13N7O2S. The van der Waals surface area contributed by atoms with Crippen LogP contribution in [0.25, 0.3) is 16.0 Å². The predicted molar refractivity (Wildman–Crippen MR) is 95.4 cm³/mol. The van der Waals surface area contributed by atoms with Crippen molar-refractivity contribution in [2.45, 2.75) is 6.54 Å². The summed E-state index contributed by atoms with van der Waals surface area (Å²) in [6, 6.07) is 10.5. The van der Waals surface area contributed by atoms with Crippen LogP contribution in [-0.4, -0.2) is 42.0 Å². The van der Waals surface area contributed by atoms with E-state index in [2.05, 4.69) is 25.5 Å². The first kappa shape index (κ1) is 16.1. The van der Waals surface area contributed by atoms with Gasteiger partial charge in [0, 0.05) is 12.6 Å². The Bertz CT molecular complexity index is 1080. The third kappa shape index (κ3) is 3.22. The molecular weight excluding hydrogens is 354 g/mol. The van der Waals surface area contributed by atoms with Gasteiger partial charge in [0.05, 0.1) is 16.8 Å². The Kier molecular flexibility index (Phi) is 4.23. The van der Waals surface area contributed by atoms with E-state index in [1.807, 2.05) is 24.3 Å². The molecule has 0 bridgehead atoms. The van der Waals surface area contributed by atoms with E-state index in [0.717, 1.165) is 10.2 Å². The van der Waals surface area contributed by atoms with Crippen LogP contribution in [-0.2, 0) is 6.54 Å². The van der Waals surface area contributed by atoms with Gasteiger partial charge in [-0.1, -0.05) is 12.1 Å². The van der Waals surface area contributed by atoms with Gasteiger partial charge in [0.2, 0.25) is 0 Å². The third-order valence-electron chi connectivity index (χ3n) is 3.60. The lowest BCUT2D eigenvalue weighted by atomic mass is 10.3. The number of hydrogen-bond acceptors (Lipinski definition) is 7. The Labute approximate surface area is 150 Å². The molecule has 130 valence electrons. The number of carbonyl (C=O) groups is 1. The fraction of sp³-hybridized carbons (Fsp3) is 0.125. The summed E-state index contributed by atoms with van der Waals surface area (Å²) in [4.78, 5) is 32.3. The van der Waals surface area contributed by atoms with Crippen molar-refractivity contribution in [3.8, 4) is 5.82 Å². The summed E-state index contributed by atoms with van der Waals surface area (Å²) in [6.07, 6.45) is 2.88. The molecule has 1 aromatic carbocycles. The second kappa shape index (κ2) is 6.84. The van der Waals surface area contributed by atoms with E-state index in [4.69, 9.17) is 0 Å². The summed E-state index contributed by atoms with van der Waals surface area (Å²) in [6.45, 7) is 0.487. The van der Waals surface area contributed by atoms with E-state index < -0.39 is 0 Å². The van der Waals surface area contributed by atoms with E-state index in [1.165, 1.54) is 39.4 Å². The van der Waals surface area contributed by atoms with Crippen LogP contribution in [0.3, 0.4) is 0 Å². The number of aromatic nitrogens is 6. The molecule has 0 aliphatic heterocycles. The first-order chi connectivity index (χ1) is 12.7. The van der Waals surface area contributed by atoms with Crippen molar-refractivity contribution in [2.24, 2.45) is 0 Å². The highest BCUT2D eigenvalue weighted by molar-refractivity contribution is 7.20. The maximum Gasteiger partial charge on any atom is 0.280 e. The van der Waals surface area contributed by atoms with Gasteiger partial charge < -0.3 is 5.32 Å². The number of amides is 1. The molecule has 0 unspecified atom stereocenters. The molecule has 0 fully saturated rings. The number of para-hydroxylation sites is 1. The smallest absolute Gasteiger partial charge is 0.280 e. The zero-order valence-electron chi connectivity index (χ0n) is 13.4. The van der Waals surface area contributed by atoms with Gasteiger partial charge in [-0.05, 0) is 18.2 Å². The Morgan fingerprint density at radius 1 is 1.19 bits per heavy atom. The largest absolute Gasteiger partial charge is 0.348 e. The summed E-state index contributed by atoms with van der Waals surface area (Å²) in [5.74, 6) is 0.200. The Morgan fingerprint density at radius 2 is 2.08 bits per heavy atom. The van der Waals surface area contributed by atoms with Crippen molar-refractivity contribution in [3.63, 3.8) is 0 Å². The van der Waals surface area contributed by atoms with E-state index in [9.17, 15) is 9.59 Å². The maximum atomic E-state index is 12.2. The monoisotopic (exact) mass is 367 g/mol. The van der Waals surface area contributed by atoms with Crippen molar-refractivity contribution in [1.29, 1.82) is 0 Å². The second-order valence-electron chi connectivity index (χ2n) is 5.34. The number of rotatable bonds is 5. The molecule has 26 heavy (non-hydrogen) atoms. The van der Waals surface area contributed by atoms with Crippen molar-refractivity contribution in [1.82, 2.24) is 34.8 Å². The van der Waals surface area contributed by atoms with Crippen molar-refractivity contribution in [3.05, 3.63) is 64.4 Å². The fourth-order valence-electron chi connectivity index (χ4n) is 2.37. The molecule has 10 heteroatoms. The first-order valence-electron chi connectivity index (χ1n) is 7.78. The van der Waals surface area contributed by atoms with E-state index in [1.54, 1.807) is 6.07 Å². The summed E-state index contributed by atoms with van der Waals surface area (Å²) in [5.41, 5.74) is 0.532. The lowest BCUT2D eigenvalue weighted by molar-refractivity contribution is 0.0951. The third-order valence-corrected chi connectivity index (χ3v) is 4.64. The average molecular weight is 367 g/mol. The summed E-state index contributed by atoms with van der Waals surface area (Å²) >= 11 is 1.33. The number of carbonyl (C=O) groups excluding carboxylic acids is 1. The average Bonchev–Trinajstić information content (AvgIpc) is 3.32. The first-order valence-corrected chi connectivity index (χ1v) is 8.59. The Hall–Kier alpha value is -3.40. The van der Waals surface area contributed by atoms with Crippen LogP contribution >= 0.6 is 11.3 Å². The zero-order valence-corrected chi connectivity index (χ0v) is 14.3. The highest BCUT2D eigenvalue weighted by atomic mass is 32.1. The number of thiazole rings is 1. The summed E-state index contributed by atoms with van der Waals surface area (Å²) < 4.78 is 3.68.